The molecule has 1 fully saturated rings. The number of benzene rings is 1. The van der Waals surface area contributed by atoms with E-state index in [1.165, 1.54) is 18.2 Å². The lowest BCUT2D eigenvalue weighted by atomic mass is 9.99. The average molecular weight is 290 g/mol. The van der Waals surface area contributed by atoms with E-state index in [0.717, 1.165) is 25.7 Å². The minimum absolute atomic E-state index is 0.141. The van der Waals surface area contributed by atoms with Crippen molar-refractivity contribution in [2.24, 2.45) is 0 Å². The van der Waals surface area contributed by atoms with Crippen LogP contribution in [0.1, 0.15) is 36.0 Å². The first-order valence-corrected chi connectivity index (χ1v) is 6.82. The summed E-state index contributed by atoms with van der Waals surface area (Å²) in [6.07, 6.45) is 3.80. The Hall–Kier alpha value is -0.800. The third kappa shape index (κ3) is 2.62. The Kier molecular flexibility index (Phi) is 4.13. The van der Waals surface area contributed by atoms with Crippen LogP contribution in [0.5, 0.6) is 0 Å². The van der Waals surface area contributed by atoms with Crippen molar-refractivity contribution in [1.82, 2.24) is 5.32 Å². The molecule has 1 N–H and O–H groups in total. The molecule has 1 saturated carbocycles. The molecule has 0 heterocycles. The number of hydrogen-bond donors (Lipinski definition) is 1. The molecular weight excluding hydrogens is 276 g/mol. The van der Waals surface area contributed by atoms with Crippen LogP contribution in [-0.2, 0) is 0 Å². The summed E-state index contributed by atoms with van der Waals surface area (Å²) < 4.78 is 13.3. The van der Waals surface area contributed by atoms with Gasteiger partial charge < -0.3 is 5.32 Å². The van der Waals surface area contributed by atoms with Crippen LogP contribution in [0, 0.1) is 5.82 Å². The van der Waals surface area contributed by atoms with Crippen molar-refractivity contribution in [3.05, 3.63) is 34.6 Å². The van der Waals surface area contributed by atoms with E-state index in [2.05, 4.69) is 5.32 Å². The van der Waals surface area contributed by atoms with Crippen molar-refractivity contribution in [1.29, 1.82) is 0 Å². The maximum absolute atomic E-state index is 13.3. The highest BCUT2D eigenvalue weighted by Gasteiger charge is 2.35. The lowest BCUT2D eigenvalue weighted by Crippen LogP contribution is -2.48. The molecule has 0 aromatic heterocycles. The molecule has 2 rings (SSSR count). The zero-order valence-corrected chi connectivity index (χ0v) is 11.3. The van der Waals surface area contributed by atoms with Crippen molar-refractivity contribution < 1.29 is 9.18 Å². The number of carbonyl (C=O) groups is 1. The first-order valence-electron chi connectivity index (χ1n) is 5.90. The fourth-order valence-electron chi connectivity index (χ4n) is 2.33. The topological polar surface area (TPSA) is 29.1 Å². The molecule has 0 bridgehead atoms. The second kappa shape index (κ2) is 5.45. The summed E-state index contributed by atoms with van der Waals surface area (Å²) in [5.41, 5.74) is -0.207. The van der Waals surface area contributed by atoms with Crippen LogP contribution < -0.4 is 5.32 Å². The van der Waals surface area contributed by atoms with Gasteiger partial charge in [0, 0.05) is 5.88 Å². The van der Waals surface area contributed by atoms with E-state index >= 15 is 0 Å². The van der Waals surface area contributed by atoms with Crippen molar-refractivity contribution in [3.63, 3.8) is 0 Å². The van der Waals surface area contributed by atoms with Gasteiger partial charge in [-0.1, -0.05) is 30.5 Å². The third-order valence-electron chi connectivity index (χ3n) is 3.39. The monoisotopic (exact) mass is 289 g/mol. The molecule has 1 aromatic rings. The van der Waals surface area contributed by atoms with E-state index in [4.69, 9.17) is 23.2 Å². The van der Waals surface area contributed by atoms with Gasteiger partial charge in [-0.25, -0.2) is 4.39 Å². The molecule has 0 unspecified atom stereocenters. The van der Waals surface area contributed by atoms with E-state index in [1.54, 1.807) is 0 Å². The van der Waals surface area contributed by atoms with Gasteiger partial charge in [0.05, 0.1) is 16.1 Å². The van der Waals surface area contributed by atoms with E-state index in [0.29, 0.717) is 5.88 Å². The van der Waals surface area contributed by atoms with Crippen molar-refractivity contribution in [3.8, 4) is 0 Å². The summed E-state index contributed by atoms with van der Waals surface area (Å²) in [7, 11) is 0. The lowest BCUT2D eigenvalue weighted by Gasteiger charge is -2.28. The molecule has 0 radical (unpaired) electrons. The summed E-state index contributed by atoms with van der Waals surface area (Å²) in [6, 6.07) is 4.21. The Morgan fingerprint density at radius 1 is 1.39 bits per heavy atom. The third-order valence-corrected chi connectivity index (χ3v) is 4.29. The van der Waals surface area contributed by atoms with Gasteiger partial charge in [0.15, 0.2) is 0 Å². The fourth-order valence-corrected chi connectivity index (χ4v) is 2.88. The molecule has 5 heteroatoms. The minimum atomic E-state index is -0.587. The average Bonchev–Trinajstić information content (AvgIpc) is 2.81. The van der Waals surface area contributed by atoms with Gasteiger partial charge >= 0.3 is 0 Å². The number of halogens is 3. The molecule has 98 valence electrons. The Balaban J connectivity index is 2.19. The van der Waals surface area contributed by atoms with Crippen LogP contribution in [0.4, 0.5) is 4.39 Å². The van der Waals surface area contributed by atoms with Crippen molar-refractivity contribution in [2.45, 2.75) is 31.2 Å². The number of hydrogen-bond acceptors (Lipinski definition) is 1. The molecule has 0 saturated heterocycles. The minimum Gasteiger partial charge on any atom is -0.345 e. The number of nitrogens with one attached hydrogen (secondary N) is 1. The highest BCUT2D eigenvalue weighted by Crippen LogP contribution is 2.31. The number of amides is 1. The van der Waals surface area contributed by atoms with E-state index in [9.17, 15) is 9.18 Å². The molecule has 18 heavy (non-hydrogen) atoms. The predicted molar refractivity (Wildman–Crippen MR) is 70.8 cm³/mol. The lowest BCUT2D eigenvalue weighted by molar-refractivity contribution is 0.0909. The summed E-state index contributed by atoms with van der Waals surface area (Å²) in [5.74, 6) is -0.580. The zero-order chi connectivity index (χ0) is 13.2. The SMILES string of the molecule is O=C(NC1(CCl)CCCC1)c1cccc(F)c1Cl. The van der Waals surface area contributed by atoms with Gasteiger partial charge in [0.1, 0.15) is 5.82 Å². The Morgan fingerprint density at radius 2 is 2.06 bits per heavy atom. The molecular formula is C13H14Cl2FNO. The van der Waals surface area contributed by atoms with E-state index in [-0.39, 0.29) is 22.0 Å². The molecule has 0 spiro atoms. The van der Waals surface area contributed by atoms with Crippen molar-refractivity contribution >= 4 is 29.1 Å². The van der Waals surface area contributed by atoms with Crippen LogP contribution in [0.3, 0.4) is 0 Å². The molecule has 1 aliphatic carbocycles. The van der Waals surface area contributed by atoms with Crippen LogP contribution in [0.15, 0.2) is 18.2 Å². The summed E-state index contributed by atoms with van der Waals surface area (Å²) >= 11 is 11.7. The first-order chi connectivity index (χ1) is 8.58. The van der Waals surface area contributed by atoms with Gasteiger partial charge in [0.25, 0.3) is 5.91 Å². The highest BCUT2D eigenvalue weighted by molar-refractivity contribution is 6.34. The van der Waals surface area contributed by atoms with Crippen LogP contribution in [-0.4, -0.2) is 17.3 Å². The largest absolute Gasteiger partial charge is 0.345 e. The molecule has 1 aromatic carbocycles. The van der Waals surface area contributed by atoms with Gasteiger partial charge in [0.2, 0.25) is 0 Å². The second-order valence-electron chi connectivity index (χ2n) is 4.68. The number of carbonyl (C=O) groups excluding carboxylic acids is 1. The van der Waals surface area contributed by atoms with Crippen LogP contribution >= 0.6 is 23.2 Å². The van der Waals surface area contributed by atoms with Crippen LogP contribution in [0.25, 0.3) is 0 Å². The summed E-state index contributed by atoms with van der Waals surface area (Å²) in [4.78, 5) is 12.1. The van der Waals surface area contributed by atoms with Crippen molar-refractivity contribution in [2.75, 3.05) is 5.88 Å². The maximum Gasteiger partial charge on any atom is 0.253 e. The van der Waals surface area contributed by atoms with Crippen LogP contribution in [0.2, 0.25) is 5.02 Å². The van der Waals surface area contributed by atoms with Gasteiger partial charge in [-0.3, -0.25) is 4.79 Å². The zero-order valence-electron chi connectivity index (χ0n) is 9.81. The normalized spacial score (nSPS) is 17.7. The summed E-state index contributed by atoms with van der Waals surface area (Å²) in [6.45, 7) is 0. The van der Waals surface area contributed by atoms with Gasteiger partial charge in [-0.2, -0.15) is 0 Å². The molecule has 1 aliphatic rings. The summed E-state index contributed by atoms with van der Waals surface area (Å²) in [5, 5.41) is 2.76. The van der Waals surface area contributed by atoms with Gasteiger partial charge in [-0.05, 0) is 25.0 Å². The quantitative estimate of drug-likeness (QED) is 0.844. The molecule has 1 amide bonds. The smallest absolute Gasteiger partial charge is 0.253 e. The van der Waals surface area contributed by atoms with Gasteiger partial charge in [-0.15, -0.1) is 11.6 Å². The Labute approximate surface area is 115 Å². The molecule has 0 aliphatic heterocycles. The fraction of sp³-hybridized carbons (Fsp3) is 0.462. The first kappa shape index (κ1) is 13.6. The number of rotatable bonds is 3. The van der Waals surface area contributed by atoms with E-state index in [1.807, 2.05) is 0 Å². The predicted octanol–water partition coefficient (Wildman–Crippen LogP) is 3.76. The second-order valence-corrected chi connectivity index (χ2v) is 5.32. The Bertz CT molecular complexity index is 458. The number of alkyl halides is 1. The standard InChI is InChI=1S/C13H14Cl2FNO/c14-8-13(6-1-2-7-13)17-12(18)9-4-3-5-10(16)11(9)15/h3-5H,1-2,6-8H2,(H,17,18). The Morgan fingerprint density at radius 3 is 2.67 bits per heavy atom. The van der Waals surface area contributed by atoms with E-state index < -0.39 is 5.82 Å². The maximum atomic E-state index is 13.3. The molecule has 2 nitrogen and oxygen atoms in total. The molecule has 0 atom stereocenters. The highest BCUT2D eigenvalue weighted by atomic mass is 35.5.